The minimum atomic E-state index is 0.00485. The molecule has 4 atom stereocenters. The average Bonchev–Trinajstić information content (AvgIpc) is 2.25. The van der Waals surface area contributed by atoms with Gasteiger partial charge in [0, 0.05) is 0 Å². The Balaban J connectivity index is 2.04. The van der Waals surface area contributed by atoms with Crippen molar-refractivity contribution in [2.75, 3.05) is 0 Å². The molecule has 0 aromatic heterocycles. The third-order valence-electron chi connectivity index (χ3n) is 4.46. The van der Waals surface area contributed by atoms with Crippen molar-refractivity contribution in [2.24, 2.45) is 5.92 Å². The van der Waals surface area contributed by atoms with Crippen LogP contribution in [0, 0.1) is 5.92 Å². The molecule has 0 aromatic carbocycles. The van der Waals surface area contributed by atoms with Gasteiger partial charge in [-0.15, -0.1) is 0 Å². The van der Waals surface area contributed by atoms with E-state index in [1.807, 2.05) is 0 Å². The van der Waals surface area contributed by atoms with Crippen molar-refractivity contribution in [3.8, 4) is 0 Å². The Labute approximate surface area is 130 Å². The zero-order chi connectivity index (χ0) is 14.2. The summed E-state index contributed by atoms with van der Waals surface area (Å²) in [5, 5.41) is 0. The minimum absolute atomic E-state index is 0.00485. The van der Waals surface area contributed by atoms with Gasteiger partial charge in [0.25, 0.3) is 0 Å². The molecule has 0 N–H and O–H groups in total. The number of nitrogens with zero attached hydrogens (tertiary/aromatic N) is 2. The first-order chi connectivity index (χ1) is 8.88. The fraction of sp³-hybridized carbons (Fsp3) is 0.875. The van der Waals surface area contributed by atoms with Crippen molar-refractivity contribution in [3.63, 3.8) is 0 Å². The zero-order valence-corrected chi connectivity index (χ0v) is 15.5. The molecule has 4 unspecified atom stereocenters. The van der Waals surface area contributed by atoms with Crippen LogP contribution >= 0.6 is 0 Å². The summed E-state index contributed by atoms with van der Waals surface area (Å²) in [5.74, 6) is 0.906. The summed E-state index contributed by atoms with van der Waals surface area (Å²) in [7, 11) is 0. The van der Waals surface area contributed by atoms with Crippen molar-refractivity contribution in [2.45, 2.75) is 85.0 Å². The van der Waals surface area contributed by atoms with Gasteiger partial charge in [-0.25, -0.2) is 0 Å². The SMILES string of the molecule is CC1=CC(C)N([I+]N2C(C)CC(C)CC2C)C(C)C1. The number of rotatable bonds is 2. The smallest absolute Gasteiger partial charge is 0.0739 e. The molecule has 1 saturated heterocycles. The van der Waals surface area contributed by atoms with Crippen molar-refractivity contribution in [1.82, 2.24) is 6.23 Å². The fourth-order valence-electron chi connectivity index (χ4n) is 3.80. The Morgan fingerprint density at radius 1 is 0.947 bits per heavy atom. The monoisotopic (exact) mass is 377 g/mol. The van der Waals surface area contributed by atoms with Gasteiger partial charge >= 0.3 is 21.8 Å². The van der Waals surface area contributed by atoms with Gasteiger partial charge in [-0.2, -0.15) is 0 Å². The summed E-state index contributed by atoms with van der Waals surface area (Å²) in [6, 6.07) is 2.91. The first-order valence-corrected chi connectivity index (χ1v) is 9.70. The highest BCUT2D eigenvalue weighted by atomic mass is 127. The number of hydrogen-bond acceptors (Lipinski definition) is 2. The number of piperidine rings is 1. The van der Waals surface area contributed by atoms with Gasteiger partial charge in [0.05, 0.1) is 24.2 Å². The van der Waals surface area contributed by atoms with Gasteiger partial charge in [0.15, 0.2) is 0 Å². The molecule has 2 aliphatic rings. The molecule has 3 heteroatoms. The van der Waals surface area contributed by atoms with E-state index in [9.17, 15) is 0 Å². The van der Waals surface area contributed by atoms with Crippen LogP contribution in [0.4, 0.5) is 0 Å². The quantitative estimate of drug-likeness (QED) is 0.400. The van der Waals surface area contributed by atoms with Crippen molar-refractivity contribution in [3.05, 3.63) is 11.6 Å². The molecule has 19 heavy (non-hydrogen) atoms. The molecule has 2 rings (SSSR count). The molecule has 0 bridgehead atoms. The predicted molar refractivity (Wildman–Crippen MR) is 78.3 cm³/mol. The molecule has 2 heterocycles. The van der Waals surface area contributed by atoms with Gasteiger partial charge in [0.2, 0.25) is 0 Å². The normalized spacial score (nSPS) is 42.2. The van der Waals surface area contributed by atoms with Crippen LogP contribution < -0.4 is 21.8 Å². The molecule has 2 nitrogen and oxygen atoms in total. The maximum Gasteiger partial charge on any atom is 0.514 e. The maximum atomic E-state index is 2.83. The summed E-state index contributed by atoms with van der Waals surface area (Å²) >= 11 is 0.00485. The Morgan fingerprint density at radius 2 is 1.53 bits per heavy atom. The van der Waals surface area contributed by atoms with E-state index in [2.05, 4.69) is 53.8 Å². The van der Waals surface area contributed by atoms with E-state index in [1.165, 1.54) is 19.3 Å². The minimum Gasteiger partial charge on any atom is -0.0739 e. The maximum absolute atomic E-state index is 2.83. The molecular formula is C16H30IN2+. The van der Waals surface area contributed by atoms with Crippen molar-refractivity contribution >= 4 is 0 Å². The molecule has 0 spiro atoms. The van der Waals surface area contributed by atoms with Crippen LogP contribution in [0.1, 0.15) is 60.8 Å². The third kappa shape index (κ3) is 3.73. The van der Waals surface area contributed by atoms with Crippen LogP contribution in [0.25, 0.3) is 0 Å². The van der Waals surface area contributed by atoms with E-state index < -0.39 is 0 Å². The van der Waals surface area contributed by atoms with E-state index in [4.69, 9.17) is 0 Å². The van der Waals surface area contributed by atoms with Gasteiger partial charge in [-0.1, -0.05) is 24.8 Å². The lowest BCUT2D eigenvalue weighted by molar-refractivity contribution is -0.940. The molecule has 2 aliphatic heterocycles. The van der Waals surface area contributed by atoms with Crippen LogP contribution in [-0.2, 0) is 0 Å². The second-order valence-corrected chi connectivity index (χ2v) is 9.51. The fourth-order valence-corrected chi connectivity index (χ4v) is 6.85. The third-order valence-corrected chi connectivity index (χ3v) is 9.19. The highest BCUT2D eigenvalue weighted by molar-refractivity contribution is 5.08. The molecular weight excluding hydrogens is 347 g/mol. The lowest BCUT2D eigenvalue weighted by Crippen LogP contribution is -3.73. The first-order valence-electron chi connectivity index (χ1n) is 7.77. The zero-order valence-electron chi connectivity index (χ0n) is 13.4. The highest BCUT2D eigenvalue weighted by Crippen LogP contribution is 2.24. The summed E-state index contributed by atoms with van der Waals surface area (Å²) < 4.78 is 5.62. The molecule has 0 aromatic rings. The Bertz CT molecular complexity index is 330. The number of halogens is 1. The lowest BCUT2D eigenvalue weighted by atomic mass is 9.91. The molecule has 0 aliphatic carbocycles. The van der Waals surface area contributed by atoms with E-state index in [0.717, 1.165) is 24.0 Å². The largest absolute Gasteiger partial charge is 0.514 e. The topological polar surface area (TPSA) is 6.48 Å². The summed E-state index contributed by atoms with van der Waals surface area (Å²) in [6.07, 6.45) is 6.50. The van der Waals surface area contributed by atoms with Gasteiger partial charge in [-0.05, 0) is 59.8 Å². The Morgan fingerprint density at radius 3 is 2.05 bits per heavy atom. The standard InChI is InChI=1S/C16H30IN2/c1-11-7-13(3)18(14(4)8-11)17-19-15(5)9-12(2)10-16(19)6/h7,12-16H,8-10H2,1-6H3/q+1. The van der Waals surface area contributed by atoms with E-state index >= 15 is 0 Å². The van der Waals surface area contributed by atoms with E-state index in [1.54, 1.807) is 5.57 Å². The molecule has 110 valence electrons. The van der Waals surface area contributed by atoms with E-state index in [0.29, 0.717) is 6.04 Å². The predicted octanol–water partition coefficient (Wildman–Crippen LogP) is 0.843. The molecule has 1 fully saturated rings. The van der Waals surface area contributed by atoms with Gasteiger partial charge in [-0.3, -0.25) is 0 Å². The molecule has 0 amide bonds. The number of hydrogen-bond donors (Lipinski definition) is 0. The second-order valence-electron chi connectivity index (χ2n) is 6.85. The summed E-state index contributed by atoms with van der Waals surface area (Å²) in [4.78, 5) is 0. The van der Waals surface area contributed by atoms with Crippen LogP contribution in [0.2, 0.25) is 0 Å². The van der Waals surface area contributed by atoms with Crippen molar-refractivity contribution in [1.29, 1.82) is 0 Å². The summed E-state index contributed by atoms with van der Waals surface area (Å²) in [5.41, 5.74) is 1.58. The lowest BCUT2D eigenvalue weighted by Gasteiger charge is -2.36. The molecule has 0 saturated carbocycles. The van der Waals surface area contributed by atoms with Crippen LogP contribution in [0.5, 0.6) is 0 Å². The Hall–Kier alpha value is 0.390. The van der Waals surface area contributed by atoms with Crippen LogP contribution in [0.15, 0.2) is 11.6 Å². The van der Waals surface area contributed by atoms with E-state index in [-0.39, 0.29) is 21.8 Å². The Kier molecular flexibility index (Phi) is 5.34. The first kappa shape index (κ1) is 15.8. The summed E-state index contributed by atoms with van der Waals surface area (Å²) in [6.45, 7) is 14.4. The average molecular weight is 377 g/mol. The van der Waals surface area contributed by atoms with Gasteiger partial charge in [0.1, 0.15) is 0 Å². The van der Waals surface area contributed by atoms with Crippen LogP contribution in [0.3, 0.4) is 0 Å². The van der Waals surface area contributed by atoms with Gasteiger partial charge < -0.3 is 0 Å². The van der Waals surface area contributed by atoms with Crippen LogP contribution in [-0.4, -0.2) is 30.4 Å². The molecule has 0 radical (unpaired) electrons. The second kappa shape index (κ2) is 6.44. The highest BCUT2D eigenvalue weighted by Gasteiger charge is 2.45. The van der Waals surface area contributed by atoms with Crippen molar-refractivity contribution < 1.29 is 21.8 Å².